The van der Waals surface area contributed by atoms with E-state index in [0.717, 1.165) is 49.7 Å². The van der Waals surface area contributed by atoms with Crippen LogP contribution in [0.15, 0.2) is 224 Å². The van der Waals surface area contributed by atoms with Gasteiger partial charge in [-0.2, -0.15) is 15.0 Å². The molecule has 0 amide bonds. The van der Waals surface area contributed by atoms with E-state index in [0.29, 0.717) is 29.3 Å². The molecule has 0 N–H and O–H groups in total. The van der Waals surface area contributed by atoms with Gasteiger partial charge in [0.1, 0.15) is 0 Å². The summed E-state index contributed by atoms with van der Waals surface area (Å²) in [7, 11) is -2.94. The lowest BCUT2D eigenvalue weighted by Gasteiger charge is -2.34. The van der Waals surface area contributed by atoms with Gasteiger partial charge in [-0.15, -0.1) is 11.3 Å². The summed E-state index contributed by atoms with van der Waals surface area (Å²) in [4.78, 5) is 26.7. The van der Waals surface area contributed by atoms with Gasteiger partial charge >= 0.3 is 0 Å². The number of imidazole rings is 4. The Kier molecular flexibility index (Phi) is 8.35. The lowest BCUT2D eigenvalue weighted by Crippen LogP contribution is -2.74. The Morgan fingerprint density at radius 1 is 0.329 bits per heavy atom. The van der Waals surface area contributed by atoms with Crippen molar-refractivity contribution < 1.29 is 0 Å². The van der Waals surface area contributed by atoms with Crippen LogP contribution >= 0.6 is 11.3 Å². The number of nitrogens with zero attached hydrogens (tertiary/aromatic N) is 9. The van der Waals surface area contributed by atoms with Crippen LogP contribution in [-0.2, 0) is 0 Å². The van der Waals surface area contributed by atoms with Crippen LogP contribution in [-0.4, -0.2) is 50.9 Å². The highest BCUT2D eigenvalue weighted by molar-refractivity contribution is 7.26. The van der Waals surface area contributed by atoms with Gasteiger partial charge in [-0.25, -0.2) is 19.1 Å². The van der Waals surface area contributed by atoms with Crippen molar-refractivity contribution in [2.24, 2.45) is 0 Å². The molecule has 0 saturated carbocycles. The molecular formula is C59H37N9SSi. The van der Waals surface area contributed by atoms with E-state index in [1.165, 1.54) is 40.9 Å². The van der Waals surface area contributed by atoms with Gasteiger partial charge in [-0.3, -0.25) is 8.80 Å². The highest BCUT2D eigenvalue weighted by Crippen LogP contribution is 2.35. The molecule has 0 saturated heterocycles. The molecule has 15 rings (SSSR count). The van der Waals surface area contributed by atoms with Crippen molar-refractivity contribution in [1.29, 1.82) is 0 Å². The Hall–Kier alpha value is -9.03. The van der Waals surface area contributed by atoms with E-state index in [1.54, 1.807) is 0 Å². The van der Waals surface area contributed by atoms with Crippen molar-refractivity contribution in [1.82, 2.24) is 42.9 Å². The van der Waals surface area contributed by atoms with Crippen molar-refractivity contribution in [2.75, 3.05) is 0 Å². The smallest absolute Gasteiger partial charge is 0.242 e. The van der Waals surface area contributed by atoms with E-state index < -0.39 is 8.07 Å². The van der Waals surface area contributed by atoms with Crippen LogP contribution in [0, 0.1) is 0 Å². The van der Waals surface area contributed by atoms with Crippen LogP contribution in [0.1, 0.15) is 0 Å². The normalized spacial score (nSPS) is 12.3. The summed E-state index contributed by atoms with van der Waals surface area (Å²) in [6, 6.07) is 80.3. The summed E-state index contributed by atoms with van der Waals surface area (Å²) in [6.07, 6.45) is 0. The molecule has 0 unspecified atom stereocenters. The molecule has 0 radical (unpaired) electrons. The Balaban J connectivity index is 0.994. The molecule has 0 atom stereocenters. The molecule has 9 nitrogen and oxygen atoms in total. The largest absolute Gasteiger partial charge is 0.276 e. The summed E-state index contributed by atoms with van der Waals surface area (Å²) in [5.74, 6) is 2.86. The second-order valence-electron chi connectivity index (χ2n) is 17.7. The van der Waals surface area contributed by atoms with Gasteiger partial charge in [0.15, 0.2) is 13.9 Å². The van der Waals surface area contributed by atoms with Gasteiger partial charge in [-0.05, 0) is 81.4 Å². The van der Waals surface area contributed by atoms with Crippen molar-refractivity contribution in [3.63, 3.8) is 0 Å². The maximum Gasteiger partial charge on any atom is 0.242 e. The molecule has 0 bridgehead atoms. The highest BCUT2D eigenvalue weighted by Gasteiger charge is 2.42. The van der Waals surface area contributed by atoms with Crippen molar-refractivity contribution in [3.05, 3.63) is 224 Å². The molecular weight excluding hydrogens is 895 g/mol. The maximum absolute atomic E-state index is 5.41. The summed E-state index contributed by atoms with van der Waals surface area (Å²) in [5.41, 5.74) is 8.53. The minimum atomic E-state index is -2.94. The summed E-state index contributed by atoms with van der Waals surface area (Å²) in [6.45, 7) is 0. The van der Waals surface area contributed by atoms with Gasteiger partial charge in [0, 0.05) is 25.7 Å². The van der Waals surface area contributed by atoms with Gasteiger partial charge < -0.3 is 0 Å². The summed E-state index contributed by atoms with van der Waals surface area (Å²) >= 11 is 1.85. The summed E-state index contributed by atoms with van der Waals surface area (Å²) in [5, 5.41) is 7.78. The first-order valence-electron chi connectivity index (χ1n) is 23.3. The Morgan fingerprint density at radius 2 is 0.771 bits per heavy atom. The van der Waals surface area contributed by atoms with Crippen LogP contribution in [0.25, 0.3) is 99.1 Å². The Morgan fingerprint density at radius 3 is 1.34 bits per heavy atom. The number of benzene rings is 9. The third-order valence-electron chi connectivity index (χ3n) is 14.0. The van der Waals surface area contributed by atoms with Gasteiger partial charge in [0.25, 0.3) is 0 Å². The summed E-state index contributed by atoms with van der Waals surface area (Å²) < 4.78 is 11.1. The average molecular weight is 932 g/mol. The number of para-hydroxylation sites is 8. The van der Waals surface area contributed by atoms with Gasteiger partial charge in [0.2, 0.25) is 23.5 Å². The number of hydrogen-bond donors (Lipinski definition) is 0. The fourth-order valence-corrected chi connectivity index (χ4v) is 16.8. The van der Waals surface area contributed by atoms with Gasteiger partial charge in [0.05, 0.1) is 44.1 Å². The standard InChI is InChI=1S/C59H37N9SSi/c1-3-17-39(18-4-1)70(40-19-5-2-6-20-40,42-35-36-54-44(37-42)43-21-7-16-30-53(43)69-54)41-33-31-38(32-34-41)55-62-56(67-51-28-14-12-26-49(51)65-47-24-10-8-22-45(47)60-58(65)67)64-57(63-55)68-52-29-15-13-27-50(52)66-48-25-11-9-23-46(48)61-59(66)68/h1-37H. The number of rotatable bonds is 7. The molecule has 6 aromatic heterocycles. The van der Waals surface area contributed by atoms with Crippen molar-refractivity contribution in [3.8, 4) is 23.3 Å². The first-order valence-corrected chi connectivity index (χ1v) is 26.2. The highest BCUT2D eigenvalue weighted by atomic mass is 32.1. The van der Waals surface area contributed by atoms with Crippen LogP contribution < -0.4 is 20.7 Å². The minimum Gasteiger partial charge on any atom is -0.276 e. The second kappa shape index (κ2) is 15.0. The lowest BCUT2D eigenvalue weighted by molar-refractivity contribution is 0.877. The van der Waals surface area contributed by atoms with E-state index in [-0.39, 0.29) is 0 Å². The molecule has 0 aliphatic rings. The van der Waals surface area contributed by atoms with Crippen LogP contribution in [0.2, 0.25) is 0 Å². The van der Waals surface area contributed by atoms with Gasteiger partial charge in [-0.1, -0.05) is 164 Å². The molecule has 15 aromatic rings. The van der Waals surface area contributed by atoms with Crippen LogP contribution in [0.5, 0.6) is 0 Å². The quantitative estimate of drug-likeness (QED) is 0.117. The number of hydrogen-bond acceptors (Lipinski definition) is 6. The maximum atomic E-state index is 5.41. The topological polar surface area (TPSA) is 83.1 Å². The zero-order valence-corrected chi connectivity index (χ0v) is 39.1. The van der Waals surface area contributed by atoms with E-state index in [9.17, 15) is 0 Å². The fourth-order valence-electron chi connectivity index (χ4n) is 11.0. The first kappa shape index (κ1) is 39.0. The number of aromatic nitrogens is 9. The lowest BCUT2D eigenvalue weighted by atomic mass is 10.1. The molecule has 328 valence electrons. The Bertz CT molecular complexity index is 4340. The SMILES string of the molecule is c1ccc([Si](c2ccccc2)(c2ccc(-c3nc(-n4c5ccccc5n5c6ccccc6nc45)nc(-n4c5ccccc5n5c6ccccc6nc45)n3)cc2)c2ccc3sc4ccccc4c3c2)cc1. The van der Waals surface area contributed by atoms with E-state index >= 15 is 0 Å². The fraction of sp³-hybridized carbons (Fsp3) is 0. The van der Waals surface area contributed by atoms with Crippen molar-refractivity contribution >= 4 is 116 Å². The number of thiophene rings is 1. The van der Waals surface area contributed by atoms with E-state index in [4.69, 9.17) is 24.9 Å². The third-order valence-corrected chi connectivity index (χ3v) is 20.0. The van der Waals surface area contributed by atoms with Crippen molar-refractivity contribution in [2.45, 2.75) is 0 Å². The van der Waals surface area contributed by atoms with E-state index in [1.807, 2.05) is 35.6 Å². The Labute approximate surface area is 404 Å². The third kappa shape index (κ3) is 5.55. The zero-order valence-electron chi connectivity index (χ0n) is 37.3. The predicted molar refractivity (Wildman–Crippen MR) is 288 cm³/mol. The molecule has 0 aliphatic heterocycles. The molecule has 11 heteroatoms. The molecule has 9 aromatic carbocycles. The predicted octanol–water partition coefficient (Wildman–Crippen LogP) is 10.8. The monoisotopic (exact) mass is 931 g/mol. The molecule has 0 spiro atoms. The first-order chi connectivity index (χ1) is 34.7. The minimum absolute atomic E-state index is 0.450. The molecule has 6 heterocycles. The second-order valence-corrected chi connectivity index (χ2v) is 22.6. The van der Waals surface area contributed by atoms with Crippen LogP contribution in [0.3, 0.4) is 0 Å². The average Bonchev–Trinajstić information content (AvgIpc) is 4.23. The van der Waals surface area contributed by atoms with Crippen LogP contribution in [0.4, 0.5) is 0 Å². The molecule has 0 aliphatic carbocycles. The van der Waals surface area contributed by atoms with E-state index in [2.05, 4.69) is 218 Å². The molecule has 70 heavy (non-hydrogen) atoms. The molecule has 0 fully saturated rings. The zero-order chi connectivity index (χ0) is 45.9. The number of fused-ring (bicyclic) bond motifs is 13.